The van der Waals surface area contributed by atoms with E-state index in [4.69, 9.17) is 0 Å². The van der Waals surface area contributed by atoms with E-state index in [-0.39, 0.29) is 0 Å². The molecular weight excluding hydrogens is 230 g/mol. The molecule has 1 N–H and O–H groups in total. The molecular formula is C18H31N. The Morgan fingerprint density at radius 2 is 1.42 bits per heavy atom. The molecule has 0 atom stereocenters. The molecule has 0 aromatic heterocycles. The lowest BCUT2D eigenvalue weighted by Crippen LogP contribution is -2.23. The number of rotatable bonds is 10. The van der Waals surface area contributed by atoms with Crippen molar-refractivity contribution < 1.29 is 0 Å². The van der Waals surface area contributed by atoms with Gasteiger partial charge in [0.15, 0.2) is 0 Å². The Labute approximate surface area is 119 Å². The van der Waals surface area contributed by atoms with Crippen molar-refractivity contribution in [2.75, 3.05) is 6.54 Å². The van der Waals surface area contributed by atoms with Gasteiger partial charge in [-0.15, -0.1) is 0 Å². The summed E-state index contributed by atoms with van der Waals surface area (Å²) in [6, 6.07) is 9.88. The molecule has 0 radical (unpaired) electrons. The van der Waals surface area contributed by atoms with Gasteiger partial charge in [-0.05, 0) is 49.8 Å². The van der Waals surface area contributed by atoms with Crippen molar-refractivity contribution in [3.63, 3.8) is 0 Å². The van der Waals surface area contributed by atoms with Crippen LogP contribution in [0, 0.1) is 0 Å². The molecule has 19 heavy (non-hydrogen) atoms. The van der Waals surface area contributed by atoms with Crippen LogP contribution in [-0.2, 0) is 12.8 Å². The average molecular weight is 261 g/mol. The molecule has 0 unspecified atom stereocenters. The van der Waals surface area contributed by atoms with E-state index in [1.54, 1.807) is 0 Å². The first-order valence-electron chi connectivity index (χ1n) is 8.03. The fourth-order valence-corrected chi connectivity index (χ4v) is 2.28. The second kappa shape index (κ2) is 10.0. The zero-order chi connectivity index (χ0) is 13.9. The molecule has 1 aromatic carbocycles. The van der Waals surface area contributed by atoms with Crippen LogP contribution >= 0.6 is 0 Å². The summed E-state index contributed by atoms with van der Waals surface area (Å²) >= 11 is 0. The molecule has 0 fully saturated rings. The first kappa shape index (κ1) is 16.2. The van der Waals surface area contributed by atoms with Gasteiger partial charge in [-0.2, -0.15) is 0 Å². The van der Waals surface area contributed by atoms with E-state index in [0.29, 0.717) is 6.04 Å². The maximum Gasteiger partial charge on any atom is 0.00103 e. The van der Waals surface area contributed by atoms with Gasteiger partial charge in [-0.1, -0.05) is 57.9 Å². The van der Waals surface area contributed by atoms with Gasteiger partial charge in [-0.3, -0.25) is 0 Å². The van der Waals surface area contributed by atoms with Crippen molar-refractivity contribution in [2.45, 2.75) is 71.8 Å². The highest BCUT2D eigenvalue weighted by molar-refractivity contribution is 5.22. The topological polar surface area (TPSA) is 12.0 Å². The van der Waals surface area contributed by atoms with Crippen LogP contribution in [0.5, 0.6) is 0 Å². The second-order valence-corrected chi connectivity index (χ2v) is 5.84. The summed E-state index contributed by atoms with van der Waals surface area (Å²) in [5, 5.41) is 3.47. The molecule has 0 saturated heterocycles. The summed E-state index contributed by atoms with van der Waals surface area (Å²) < 4.78 is 0. The van der Waals surface area contributed by atoms with Crippen molar-refractivity contribution in [1.29, 1.82) is 0 Å². The molecule has 1 aromatic rings. The highest BCUT2D eigenvalue weighted by Gasteiger charge is 1.96. The molecule has 0 aliphatic carbocycles. The van der Waals surface area contributed by atoms with Crippen molar-refractivity contribution in [1.82, 2.24) is 5.32 Å². The fraction of sp³-hybridized carbons (Fsp3) is 0.667. The number of unbranched alkanes of at least 4 members (excludes halogenated alkanes) is 3. The minimum absolute atomic E-state index is 0.621. The van der Waals surface area contributed by atoms with Crippen LogP contribution in [0.4, 0.5) is 0 Å². The summed E-state index contributed by atoms with van der Waals surface area (Å²) in [4.78, 5) is 0. The van der Waals surface area contributed by atoms with Crippen LogP contribution in [0.15, 0.2) is 24.3 Å². The van der Waals surface area contributed by atoms with E-state index in [1.807, 2.05) is 0 Å². The number of benzene rings is 1. The Kier molecular flexibility index (Phi) is 8.57. The molecule has 1 heteroatoms. The lowest BCUT2D eigenvalue weighted by Gasteiger charge is -2.07. The van der Waals surface area contributed by atoms with Crippen molar-refractivity contribution in [3.05, 3.63) is 35.4 Å². The Hall–Kier alpha value is -0.820. The zero-order valence-corrected chi connectivity index (χ0v) is 13.0. The highest BCUT2D eigenvalue weighted by atomic mass is 14.9. The lowest BCUT2D eigenvalue weighted by atomic mass is 10.0. The summed E-state index contributed by atoms with van der Waals surface area (Å²) in [7, 11) is 0. The molecule has 0 saturated carbocycles. The molecule has 0 aliphatic heterocycles. The SMILES string of the molecule is CCCCc1ccc(CCCCCNC(C)C)cc1. The number of nitrogens with one attached hydrogen (secondary N) is 1. The number of hydrogen-bond acceptors (Lipinski definition) is 1. The van der Waals surface area contributed by atoms with Crippen molar-refractivity contribution in [2.24, 2.45) is 0 Å². The zero-order valence-electron chi connectivity index (χ0n) is 13.0. The summed E-state index contributed by atoms with van der Waals surface area (Å²) in [6.45, 7) is 7.83. The van der Waals surface area contributed by atoms with Gasteiger partial charge in [0.1, 0.15) is 0 Å². The number of hydrogen-bond donors (Lipinski definition) is 1. The Balaban J connectivity index is 2.12. The van der Waals surface area contributed by atoms with E-state index >= 15 is 0 Å². The van der Waals surface area contributed by atoms with E-state index in [0.717, 1.165) is 6.54 Å². The summed E-state index contributed by atoms with van der Waals surface area (Å²) in [6.07, 6.45) is 9.00. The van der Waals surface area contributed by atoms with Crippen LogP contribution in [0.2, 0.25) is 0 Å². The number of aryl methyl sites for hydroxylation is 2. The quantitative estimate of drug-likeness (QED) is 0.600. The van der Waals surface area contributed by atoms with Crippen molar-refractivity contribution >= 4 is 0 Å². The predicted molar refractivity (Wildman–Crippen MR) is 85.7 cm³/mol. The minimum atomic E-state index is 0.621. The van der Waals surface area contributed by atoms with Gasteiger partial charge in [0.2, 0.25) is 0 Å². The summed E-state index contributed by atoms with van der Waals surface area (Å²) in [5.41, 5.74) is 2.99. The van der Waals surface area contributed by atoms with E-state index < -0.39 is 0 Å². The lowest BCUT2D eigenvalue weighted by molar-refractivity contribution is 0.548. The van der Waals surface area contributed by atoms with Gasteiger partial charge in [-0.25, -0.2) is 0 Å². The Morgan fingerprint density at radius 3 is 1.95 bits per heavy atom. The van der Waals surface area contributed by atoms with Crippen LogP contribution in [-0.4, -0.2) is 12.6 Å². The van der Waals surface area contributed by atoms with Gasteiger partial charge < -0.3 is 5.32 Å². The molecule has 108 valence electrons. The molecule has 1 nitrogen and oxygen atoms in total. The molecule has 1 rings (SSSR count). The Bertz CT molecular complexity index is 313. The second-order valence-electron chi connectivity index (χ2n) is 5.84. The summed E-state index contributed by atoms with van der Waals surface area (Å²) in [5.74, 6) is 0. The predicted octanol–water partition coefficient (Wildman–Crippen LogP) is 4.74. The fourth-order valence-electron chi connectivity index (χ4n) is 2.28. The molecule has 0 spiro atoms. The standard InChI is InChI=1S/C18H31N/c1-4-5-9-17-11-13-18(14-12-17)10-7-6-8-15-19-16(2)3/h11-14,16,19H,4-10,15H2,1-3H3. The van der Waals surface area contributed by atoms with Gasteiger partial charge in [0, 0.05) is 6.04 Å². The first-order valence-corrected chi connectivity index (χ1v) is 8.03. The minimum Gasteiger partial charge on any atom is -0.315 e. The molecule has 0 aliphatic rings. The third-order valence-electron chi connectivity index (χ3n) is 3.54. The van der Waals surface area contributed by atoms with Gasteiger partial charge >= 0.3 is 0 Å². The van der Waals surface area contributed by atoms with E-state index in [9.17, 15) is 0 Å². The third-order valence-corrected chi connectivity index (χ3v) is 3.54. The van der Waals surface area contributed by atoms with E-state index in [1.165, 1.54) is 56.1 Å². The largest absolute Gasteiger partial charge is 0.315 e. The highest BCUT2D eigenvalue weighted by Crippen LogP contribution is 2.10. The van der Waals surface area contributed by atoms with Crippen LogP contribution in [0.25, 0.3) is 0 Å². The molecule has 0 heterocycles. The Morgan fingerprint density at radius 1 is 0.842 bits per heavy atom. The smallest absolute Gasteiger partial charge is 0.00103 e. The van der Waals surface area contributed by atoms with E-state index in [2.05, 4.69) is 50.4 Å². The average Bonchev–Trinajstić information content (AvgIpc) is 2.41. The maximum atomic E-state index is 3.47. The van der Waals surface area contributed by atoms with Crippen LogP contribution < -0.4 is 5.32 Å². The molecule has 0 bridgehead atoms. The van der Waals surface area contributed by atoms with Gasteiger partial charge in [0.05, 0.1) is 0 Å². The first-order chi connectivity index (χ1) is 9.22. The molecule has 0 amide bonds. The van der Waals surface area contributed by atoms with Gasteiger partial charge in [0.25, 0.3) is 0 Å². The monoisotopic (exact) mass is 261 g/mol. The van der Waals surface area contributed by atoms with Crippen LogP contribution in [0.3, 0.4) is 0 Å². The van der Waals surface area contributed by atoms with Crippen LogP contribution in [0.1, 0.15) is 64.0 Å². The van der Waals surface area contributed by atoms with Crippen molar-refractivity contribution in [3.8, 4) is 0 Å². The normalized spacial score (nSPS) is 11.2. The third kappa shape index (κ3) is 8.05. The maximum absolute atomic E-state index is 3.47.